The van der Waals surface area contributed by atoms with Crippen molar-refractivity contribution in [2.45, 2.75) is 37.6 Å². The number of hydrogen-bond acceptors (Lipinski definition) is 6. The number of sulfonamides is 1. The highest BCUT2D eigenvalue weighted by molar-refractivity contribution is 7.89. The van der Waals surface area contributed by atoms with Crippen LogP contribution in [0.5, 0.6) is 0 Å². The third-order valence-electron chi connectivity index (χ3n) is 6.11. The number of nitrogens with zero attached hydrogens (tertiary/aromatic N) is 6. The molecule has 0 spiro atoms. The van der Waals surface area contributed by atoms with E-state index in [0.717, 1.165) is 11.3 Å². The molecular weight excluding hydrogens is 428 g/mol. The Labute approximate surface area is 190 Å². The summed E-state index contributed by atoms with van der Waals surface area (Å²) in [5.74, 6) is 1.08. The fraction of sp³-hybridized carbons (Fsp3) is 0.591. The highest BCUT2D eigenvalue weighted by Crippen LogP contribution is 2.22. The minimum atomic E-state index is -3.53. The molecule has 2 heterocycles. The van der Waals surface area contributed by atoms with Crippen LogP contribution in [0.4, 0.5) is 0 Å². The summed E-state index contributed by atoms with van der Waals surface area (Å²) >= 11 is 0. The van der Waals surface area contributed by atoms with E-state index in [-0.39, 0.29) is 22.8 Å². The Morgan fingerprint density at radius 2 is 1.88 bits per heavy atom. The zero-order chi connectivity index (χ0) is 23.6. The molecule has 0 aliphatic carbocycles. The molecule has 10 heteroatoms. The summed E-state index contributed by atoms with van der Waals surface area (Å²) in [4.78, 5) is 21.6. The van der Waals surface area contributed by atoms with Crippen molar-refractivity contribution in [1.82, 2.24) is 23.7 Å². The van der Waals surface area contributed by atoms with Gasteiger partial charge in [0.15, 0.2) is 0 Å². The summed E-state index contributed by atoms with van der Waals surface area (Å²) in [6.07, 6.45) is 0.818. The Balaban J connectivity index is 1.65. The van der Waals surface area contributed by atoms with Crippen LogP contribution in [0.25, 0.3) is 11.0 Å². The van der Waals surface area contributed by atoms with E-state index < -0.39 is 10.0 Å². The molecule has 1 amide bonds. The first kappa shape index (κ1) is 24.2. The van der Waals surface area contributed by atoms with Gasteiger partial charge in [0.1, 0.15) is 11.9 Å². The highest BCUT2D eigenvalue weighted by Gasteiger charge is 2.28. The van der Waals surface area contributed by atoms with E-state index in [9.17, 15) is 18.5 Å². The second-order valence-corrected chi connectivity index (χ2v) is 10.9. The number of aryl methyl sites for hydroxylation is 2. The molecule has 1 saturated heterocycles. The number of nitriles is 1. The molecule has 1 aliphatic heterocycles. The Bertz CT molecular complexity index is 1120. The maximum absolute atomic E-state index is 12.8. The summed E-state index contributed by atoms with van der Waals surface area (Å²) in [7, 11) is 1.34. The molecule has 0 N–H and O–H groups in total. The minimum Gasteiger partial charge on any atom is -0.340 e. The summed E-state index contributed by atoms with van der Waals surface area (Å²) in [6.45, 7) is 6.74. The number of piperazine rings is 1. The van der Waals surface area contributed by atoms with Gasteiger partial charge in [0.05, 0.1) is 22.0 Å². The molecule has 1 aromatic carbocycles. The lowest BCUT2D eigenvalue weighted by Crippen LogP contribution is -2.52. The van der Waals surface area contributed by atoms with Gasteiger partial charge in [-0.25, -0.2) is 17.7 Å². The number of rotatable bonds is 7. The van der Waals surface area contributed by atoms with E-state index in [1.54, 1.807) is 18.2 Å². The van der Waals surface area contributed by atoms with Crippen LogP contribution in [0, 0.1) is 17.2 Å². The zero-order valence-corrected chi connectivity index (χ0v) is 20.3. The Morgan fingerprint density at radius 1 is 1.22 bits per heavy atom. The number of carbonyl (C=O) groups is 1. The second kappa shape index (κ2) is 9.57. The summed E-state index contributed by atoms with van der Waals surface area (Å²) in [6, 6.07) is 7.17. The molecule has 3 rings (SSSR count). The van der Waals surface area contributed by atoms with Crippen molar-refractivity contribution < 1.29 is 13.2 Å². The molecule has 1 fully saturated rings. The Kier molecular flexibility index (Phi) is 7.22. The molecule has 1 aromatic heterocycles. The van der Waals surface area contributed by atoms with E-state index in [2.05, 4.69) is 16.0 Å². The Hall–Kier alpha value is -2.48. The van der Waals surface area contributed by atoms with Crippen LogP contribution in [-0.4, -0.2) is 84.3 Å². The SMILES string of the molecule is CC(C)C(C#N)N1CCN(C(=O)CCc2nc3cc(S(=O)(=O)N(C)C)ccc3n2C)CC1. The van der Waals surface area contributed by atoms with Gasteiger partial charge < -0.3 is 9.47 Å². The summed E-state index contributed by atoms with van der Waals surface area (Å²) < 4.78 is 27.9. The van der Waals surface area contributed by atoms with E-state index in [4.69, 9.17) is 0 Å². The third kappa shape index (κ3) is 4.80. The number of aromatic nitrogens is 2. The molecule has 32 heavy (non-hydrogen) atoms. The van der Waals surface area contributed by atoms with Crippen LogP contribution in [-0.2, 0) is 28.3 Å². The molecule has 2 aromatic rings. The van der Waals surface area contributed by atoms with Crippen molar-refractivity contribution in [2.75, 3.05) is 40.3 Å². The second-order valence-electron chi connectivity index (χ2n) is 8.76. The highest BCUT2D eigenvalue weighted by atomic mass is 32.2. The van der Waals surface area contributed by atoms with Crippen molar-refractivity contribution >= 4 is 27.0 Å². The van der Waals surface area contributed by atoms with Crippen molar-refractivity contribution in [2.24, 2.45) is 13.0 Å². The number of fused-ring (bicyclic) bond motifs is 1. The normalized spacial score (nSPS) is 16.6. The first-order valence-corrected chi connectivity index (χ1v) is 12.3. The van der Waals surface area contributed by atoms with Crippen LogP contribution in [0.3, 0.4) is 0 Å². The molecule has 1 atom stereocenters. The van der Waals surface area contributed by atoms with Gasteiger partial charge in [0.2, 0.25) is 15.9 Å². The van der Waals surface area contributed by atoms with Crippen molar-refractivity contribution in [1.29, 1.82) is 5.26 Å². The van der Waals surface area contributed by atoms with Crippen LogP contribution in [0.15, 0.2) is 23.1 Å². The van der Waals surface area contributed by atoms with Crippen molar-refractivity contribution in [3.63, 3.8) is 0 Å². The predicted octanol–water partition coefficient (Wildman–Crippen LogP) is 1.45. The first-order chi connectivity index (χ1) is 15.1. The van der Waals surface area contributed by atoms with Crippen LogP contribution in [0.2, 0.25) is 0 Å². The number of hydrogen-bond donors (Lipinski definition) is 0. The van der Waals surface area contributed by atoms with Crippen LogP contribution < -0.4 is 0 Å². The molecule has 174 valence electrons. The van der Waals surface area contributed by atoms with E-state index in [0.29, 0.717) is 44.5 Å². The largest absolute Gasteiger partial charge is 0.340 e. The topological polar surface area (TPSA) is 103 Å². The molecular formula is C22H32N6O3S. The lowest BCUT2D eigenvalue weighted by atomic mass is 10.0. The smallest absolute Gasteiger partial charge is 0.242 e. The van der Waals surface area contributed by atoms with Gasteiger partial charge in [-0.05, 0) is 24.1 Å². The lowest BCUT2D eigenvalue weighted by molar-refractivity contribution is -0.133. The minimum absolute atomic E-state index is 0.0747. The van der Waals surface area contributed by atoms with E-state index in [1.807, 2.05) is 30.4 Å². The van der Waals surface area contributed by atoms with Crippen molar-refractivity contribution in [3.05, 3.63) is 24.0 Å². The number of carbonyl (C=O) groups excluding carboxylic acids is 1. The lowest BCUT2D eigenvalue weighted by Gasteiger charge is -2.38. The van der Waals surface area contributed by atoms with Crippen LogP contribution in [0.1, 0.15) is 26.1 Å². The average Bonchev–Trinajstić information content (AvgIpc) is 3.07. The number of imidazole rings is 1. The molecule has 1 aliphatic rings. The monoisotopic (exact) mass is 460 g/mol. The molecule has 0 bridgehead atoms. The molecule has 0 radical (unpaired) electrons. The van der Waals surface area contributed by atoms with Gasteiger partial charge in [-0.3, -0.25) is 9.69 Å². The van der Waals surface area contributed by atoms with Crippen molar-refractivity contribution in [3.8, 4) is 6.07 Å². The van der Waals surface area contributed by atoms with Gasteiger partial charge in [-0.1, -0.05) is 13.8 Å². The first-order valence-electron chi connectivity index (χ1n) is 10.9. The predicted molar refractivity (Wildman–Crippen MR) is 122 cm³/mol. The molecule has 1 unspecified atom stereocenters. The van der Waals surface area contributed by atoms with Gasteiger partial charge in [0.25, 0.3) is 0 Å². The third-order valence-corrected chi connectivity index (χ3v) is 7.92. The van der Waals surface area contributed by atoms with E-state index in [1.165, 1.54) is 18.4 Å². The van der Waals surface area contributed by atoms with Gasteiger partial charge >= 0.3 is 0 Å². The fourth-order valence-electron chi connectivity index (χ4n) is 4.10. The quantitative estimate of drug-likeness (QED) is 0.620. The maximum Gasteiger partial charge on any atom is 0.242 e. The summed E-state index contributed by atoms with van der Waals surface area (Å²) in [5.41, 5.74) is 1.43. The molecule has 9 nitrogen and oxygen atoms in total. The number of amides is 1. The van der Waals surface area contributed by atoms with Gasteiger partial charge in [-0.2, -0.15) is 5.26 Å². The standard InChI is InChI=1S/C22H32N6O3S/c1-16(2)20(15-23)27-10-12-28(13-11-27)22(29)9-8-21-24-18-14-17(32(30,31)25(3)4)6-7-19(18)26(21)5/h6-7,14,16,20H,8-13H2,1-5H3. The fourth-order valence-corrected chi connectivity index (χ4v) is 5.03. The Morgan fingerprint density at radius 3 is 2.44 bits per heavy atom. The van der Waals surface area contributed by atoms with Gasteiger partial charge in [0, 0.05) is 60.2 Å². The van der Waals surface area contributed by atoms with Crippen LogP contribution >= 0.6 is 0 Å². The van der Waals surface area contributed by atoms with E-state index >= 15 is 0 Å². The zero-order valence-electron chi connectivity index (χ0n) is 19.4. The maximum atomic E-state index is 12.8. The van der Waals surface area contributed by atoms with Gasteiger partial charge in [-0.15, -0.1) is 0 Å². The number of benzene rings is 1. The summed E-state index contributed by atoms with van der Waals surface area (Å²) in [5, 5.41) is 9.39. The molecule has 0 saturated carbocycles. The average molecular weight is 461 g/mol.